The number of rotatable bonds is 53. The highest BCUT2D eigenvalue weighted by Crippen LogP contribution is 2.13. The topological polar surface area (TPSA) is 78.9 Å². The predicted molar refractivity (Wildman–Crippen MR) is 329 cm³/mol. The summed E-state index contributed by atoms with van der Waals surface area (Å²) in [6.45, 7) is 6.32. The lowest BCUT2D eigenvalue weighted by Crippen LogP contribution is -2.30. The van der Waals surface area contributed by atoms with Crippen LogP contribution in [0.25, 0.3) is 0 Å². The Kier molecular flexibility index (Phi) is 58.5. The molecule has 0 saturated carbocycles. The van der Waals surface area contributed by atoms with Crippen molar-refractivity contribution in [2.45, 2.75) is 252 Å². The molecule has 0 radical (unpaired) electrons. The second-order valence-electron chi connectivity index (χ2n) is 19.5. The molecule has 0 aliphatic carbocycles. The molecule has 0 amide bonds. The average Bonchev–Trinajstić information content (AvgIpc) is 3.42. The fourth-order valence-corrected chi connectivity index (χ4v) is 7.74. The van der Waals surface area contributed by atoms with Gasteiger partial charge in [-0.05, 0) is 148 Å². The monoisotopic (exact) mass is 1050 g/mol. The zero-order chi connectivity index (χ0) is 55.0. The summed E-state index contributed by atoms with van der Waals surface area (Å²) in [5.41, 5.74) is 0. The van der Waals surface area contributed by atoms with E-state index in [2.05, 4.69) is 179 Å². The molecule has 0 aromatic rings. The normalized spacial score (nSPS) is 13.2. The van der Waals surface area contributed by atoms with E-state index in [1.165, 1.54) is 32.1 Å². The third-order valence-electron chi connectivity index (χ3n) is 12.2. The molecule has 0 bridgehead atoms. The molecule has 1 unspecified atom stereocenters. The van der Waals surface area contributed by atoms with Crippen LogP contribution >= 0.6 is 0 Å². The summed E-state index contributed by atoms with van der Waals surface area (Å²) in [4.78, 5) is 38.3. The van der Waals surface area contributed by atoms with Crippen molar-refractivity contribution in [3.05, 3.63) is 158 Å². The summed E-state index contributed by atoms with van der Waals surface area (Å²) in [6, 6.07) is 0. The zero-order valence-corrected chi connectivity index (χ0v) is 48.7. The highest BCUT2D eigenvalue weighted by atomic mass is 16.6. The van der Waals surface area contributed by atoms with Gasteiger partial charge < -0.3 is 14.2 Å². The summed E-state index contributed by atoms with van der Waals surface area (Å²) in [5.74, 6) is -0.989. The summed E-state index contributed by atoms with van der Waals surface area (Å²) < 4.78 is 16.8. The molecular weight excluding hydrogens is 937 g/mol. The van der Waals surface area contributed by atoms with Crippen LogP contribution in [0.2, 0.25) is 0 Å². The largest absolute Gasteiger partial charge is 0.462 e. The first kappa shape index (κ1) is 71.0. The average molecular weight is 1050 g/mol. The minimum absolute atomic E-state index is 0.113. The van der Waals surface area contributed by atoms with Gasteiger partial charge >= 0.3 is 17.9 Å². The van der Waals surface area contributed by atoms with Gasteiger partial charge in [0.05, 0.1) is 0 Å². The van der Waals surface area contributed by atoms with E-state index in [9.17, 15) is 14.4 Å². The smallest absolute Gasteiger partial charge is 0.306 e. The van der Waals surface area contributed by atoms with Crippen molar-refractivity contribution in [1.29, 1.82) is 0 Å². The van der Waals surface area contributed by atoms with Gasteiger partial charge in [0.25, 0.3) is 0 Å². The number of esters is 3. The molecule has 0 fully saturated rings. The van der Waals surface area contributed by atoms with Crippen LogP contribution in [0.1, 0.15) is 245 Å². The minimum Gasteiger partial charge on any atom is -0.462 e. The predicted octanol–water partition coefficient (Wildman–Crippen LogP) is 20.9. The number of unbranched alkanes of at least 4 members (excludes halogenated alkanes) is 16. The van der Waals surface area contributed by atoms with E-state index in [0.29, 0.717) is 12.8 Å². The van der Waals surface area contributed by atoms with Gasteiger partial charge in [0.1, 0.15) is 13.2 Å². The fraction of sp³-hybridized carbons (Fsp3) is 0.586. The van der Waals surface area contributed by atoms with Gasteiger partial charge in [-0.1, -0.05) is 237 Å². The first-order valence-corrected chi connectivity index (χ1v) is 30.5. The summed E-state index contributed by atoms with van der Waals surface area (Å²) in [6.07, 6.45) is 90.9. The van der Waals surface area contributed by atoms with Crippen LogP contribution < -0.4 is 0 Å². The maximum atomic E-state index is 12.9. The van der Waals surface area contributed by atoms with Crippen LogP contribution in [-0.2, 0) is 28.6 Å². The van der Waals surface area contributed by atoms with Crippen molar-refractivity contribution < 1.29 is 28.6 Å². The van der Waals surface area contributed by atoms with Crippen LogP contribution in [-0.4, -0.2) is 37.2 Å². The minimum atomic E-state index is -0.820. The van der Waals surface area contributed by atoms with Crippen molar-refractivity contribution in [2.24, 2.45) is 0 Å². The van der Waals surface area contributed by atoms with Crippen LogP contribution in [0.3, 0.4) is 0 Å². The standard InChI is InChI=1S/C70H110O6/c1-4-7-10-13-16-19-22-25-28-31-32-33-34-35-36-37-38-40-42-45-48-51-54-57-60-63-69(72)75-66-67(65-74-68(71)62-59-56-53-50-47-44-41-30-27-24-21-18-15-12-9-6-3)76-70(73)64-61-58-55-52-49-46-43-39-29-26-23-20-17-14-11-8-5-2/h7-8,10-11,16-17,19-21,24-26,28-30,32-33,35-36,38,40-41,43,45-46,48,67H,4-6,9,12-15,18,22-23,27,31,34,37,39,42,44,47,49-66H2,1-3H3/b10-7-,11-8-,19-16-,20-17-,24-21-,28-25-,29-26-,33-32-,36-35-,40-38-,41-30-,46-43-,48-45-. The van der Waals surface area contributed by atoms with Crippen molar-refractivity contribution in [3.8, 4) is 0 Å². The van der Waals surface area contributed by atoms with E-state index in [0.717, 1.165) is 173 Å². The highest BCUT2D eigenvalue weighted by molar-refractivity contribution is 5.71. The second kappa shape index (κ2) is 62.6. The van der Waals surface area contributed by atoms with Gasteiger partial charge in [-0.2, -0.15) is 0 Å². The SMILES string of the molecule is CC/C=C\C/C=C\C/C=C\C/C=C\C/C=C\C/C=C\C/C=C\CCCCCC(=O)OCC(COC(=O)CCCCCCC/C=C\C/C=C\CCCCCC)OC(=O)CCCCCC/C=C\C/C=C\C/C=C\C/C=C\CC. The third kappa shape index (κ3) is 59.9. The van der Waals surface area contributed by atoms with Gasteiger partial charge in [-0.3, -0.25) is 14.4 Å². The van der Waals surface area contributed by atoms with E-state index in [1.807, 2.05) is 0 Å². The molecule has 6 heteroatoms. The molecule has 76 heavy (non-hydrogen) atoms. The molecule has 0 aliphatic heterocycles. The molecule has 0 heterocycles. The molecule has 1 atom stereocenters. The Morgan fingerprint density at radius 1 is 0.276 bits per heavy atom. The van der Waals surface area contributed by atoms with Gasteiger partial charge in [-0.25, -0.2) is 0 Å². The number of hydrogen-bond donors (Lipinski definition) is 0. The number of ether oxygens (including phenoxy) is 3. The Labute approximate surface area is 467 Å². The van der Waals surface area contributed by atoms with Crippen LogP contribution in [0, 0.1) is 0 Å². The van der Waals surface area contributed by atoms with E-state index < -0.39 is 6.10 Å². The zero-order valence-electron chi connectivity index (χ0n) is 48.7. The fourth-order valence-electron chi connectivity index (χ4n) is 7.74. The Bertz CT molecular complexity index is 1720. The number of carbonyl (C=O) groups excluding carboxylic acids is 3. The molecule has 0 N–H and O–H groups in total. The van der Waals surface area contributed by atoms with Crippen molar-refractivity contribution in [3.63, 3.8) is 0 Å². The van der Waals surface area contributed by atoms with Crippen molar-refractivity contribution in [1.82, 2.24) is 0 Å². The van der Waals surface area contributed by atoms with Gasteiger partial charge in [0.15, 0.2) is 6.10 Å². The first-order chi connectivity index (χ1) is 37.5. The molecule has 0 aromatic heterocycles. The number of hydrogen-bond acceptors (Lipinski definition) is 6. The van der Waals surface area contributed by atoms with E-state index in [1.54, 1.807) is 0 Å². The van der Waals surface area contributed by atoms with Gasteiger partial charge in [0.2, 0.25) is 0 Å². The van der Waals surface area contributed by atoms with Crippen molar-refractivity contribution in [2.75, 3.05) is 13.2 Å². The Balaban J connectivity index is 4.53. The summed E-state index contributed by atoms with van der Waals surface area (Å²) in [7, 11) is 0. The Hall–Kier alpha value is -4.97. The lowest BCUT2D eigenvalue weighted by atomic mass is 10.1. The summed E-state index contributed by atoms with van der Waals surface area (Å²) >= 11 is 0. The third-order valence-corrected chi connectivity index (χ3v) is 12.2. The maximum absolute atomic E-state index is 12.9. The molecule has 6 nitrogen and oxygen atoms in total. The van der Waals surface area contributed by atoms with E-state index in [-0.39, 0.29) is 37.5 Å². The quantitative estimate of drug-likeness (QED) is 0.0261. The maximum Gasteiger partial charge on any atom is 0.306 e. The second-order valence-corrected chi connectivity index (χ2v) is 19.5. The molecule has 0 rings (SSSR count). The molecule has 0 aromatic carbocycles. The van der Waals surface area contributed by atoms with Crippen LogP contribution in [0.15, 0.2) is 158 Å². The van der Waals surface area contributed by atoms with Crippen LogP contribution in [0.4, 0.5) is 0 Å². The molecular formula is C70H110O6. The highest BCUT2D eigenvalue weighted by Gasteiger charge is 2.19. The molecule has 0 saturated heterocycles. The lowest BCUT2D eigenvalue weighted by molar-refractivity contribution is -0.167. The van der Waals surface area contributed by atoms with Gasteiger partial charge in [-0.15, -0.1) is 0 Å². The molecule has 0 spiro atoms. The Morgan fingerprint density at radius 2 is 0.513 bits per heavy atom. The van der Waals surface area contributed by atoms with E-state index >= 15 is 0 Å². The van der Waals surface area contributed by atoms with Crippen LogP contribution in [0.5, 0.6) is 0 Å². The van der Waals surface area contributed by atoms with Crippen molar-refractivity contribution >= 4 is 17.9 Å². The molecule has 0 aliphatic rings. The first-order valence-electron chi connectivity index (χ1n) is 30.5. The Morgan fingerprint density at radius 3 is 0.816 bits per heavy atom. The number of allylic oxidation sites excluding steroid dienone is 26. The summed E-state index contributed by atoms with van der Waals surface area (Å²) in [5, 5.41) is 0. The molecule has 426 valence electrons. The number of carbonyl (C=O) groups is 3. The van der Waals surface area contributed by atoms with Gasteiger partial charge in [0, 0.05) is 19.3 Å². The lowest BCUT2D eigenvalue weighted by Gasteiger charge is -2.18. The van der Waals surface area contributed by atoms with E-state index in [4.69, 9.17) is 14.2 Å².